The van der Waals surface area contributed by atoms with Gasteiger partial charge < -0.3 is 9.80 Å². The second-order valence-corrected chi connectivity index (χ2v) is 5.48. The first kappa shape index (κ1) is 13.7. The van der Waals surface area contributed by atoms with Crippen LogP contribution in [0.1, 0.15) is 18.4 Å². The predicted molar refractivity (Wildman–Crippen MR) is 82.4 cm³/mol. The van der Waals surface area contributed by atoms with Gasteiger partial charge in [0.2, 0.25) is 5.95 Å². The van der Waals surface area contributed by atoms with Crippen molar-refractivity contribution in [1.29, 1.82) is 0 Å². The Balaban J connectivity index is 1.72. The van der Waals surface area contributed by atoms with Crippen LogP contribution in [0.2, 0.25) is 0 Å². The van der Waals surface area contributed by atoms with Gasteiger partial charge in [0.15, 0.2) is 0 Å². The van der Waals surface area contributed by atoms with Gasteiger partial charge in [-0.1, -0.05) is 0 Å². The topological polar surface area (TPSA) is 58.0 Å². The molecule has 1 aliphatic rings. The van der Waals surface area contributed by atoms with E-state index in [1.807, 2.05) is 25.5 Å². The molecule has 3 rings (SSSR count). The van der Waals surface area contributed by atoms with Crippen LogP contribution in [-0.4, -0.2) is 46.1 Å². The van der Waals surface area contributed by atoms with Gasteiger partial charge in [-0.3, -0.25) is 4.98 Å². The summed E-state index contributed by atoms with van der Waals surface area (Å²) < 4.78 is 0. The Hall–Kier alpha value is -2.24. The quantitative estimate of drug-likeness (QED) is 0.854. The van der Waals surface area contributed by atoms with Crippen molar-refractivity contribution in [3.63, 3.8) is 0 Å². The highest BCUT2D eigenvalue weighted by Crippen LogP contribution is 2.21. The van der Waals surface area contributed by atoms with Crippen molar-refractivity contribution in [2.24, 2.45) is 0 Å². The van der Waals surface area contributed by atoms with Crippen LogP contribution in [0.5, 0.6) is 0 Å². The minimum atomic E-state index is 0.392. The smallest absolute Gasteiger partial charge is 0.225 e. The van der Waals surface area contributed by atoms with Gasteiger partial charge in [0, 0.05) is 51.0 Å². The van der Waals surface area contributed by atoms with Crippen molar-refractivity contribution in [3.8, 4) is 0 Å². The van der Waals surface area contributed by atoms with Crippen molar-refractivity contribution in [1.82, 2.24) is 19.9 Å². The van der Waals surface area contributed by atoms with Gasteiger partial charge in [-0.15, -0.1) is 0 Å². The van der Waals surface area contributed by atoms with Crippen LogP contribution in [0.15, 0.2) is 31.0 Å². The third-order valence-corrected chi connectivity index (χ3v) is 3.90. The fourth-order valence-corrected chi connectivity index (χ4v) is 2.66. The predicted octanol–water partition coefficient (Wildman–Crippen LogP) is 1.68. The summed E-state index contributed by atoms with van der Waals surface area (Å²) in [5, 5.41) is 0. The lowest BCUT2D eigenvalue weighted by atomic mass is 10.0. The Morgan fingerprint density at radius 2 is 1.95 bits per heavy atom. The van der Waals surface area contributed by atoms with Crippen LogP contribution in [-0.2, 0) is 0 Å². The molecule has 2 aromatic heterocycles. The van der Waals surface area contributed by atoms with Crippen LogP contribution in [0.3, 0.4) is 0 Å². The molecule has 2 aromatic rings. The van der Waals surface area contributed by atoms with E-state index in [2.05, 4.69) is 36.8 Å². The largest absolute Gasteiger partial charge is 0.353 e. The van der Waals surface area contributed by atoms with E-state index in [0.29, 0.717) is 6.04 Å². The highest BCUT2D eigenvalue weighted by Gasteiger charge is 2.25. The van der Waals surface area contributed by atoms with Gasteiger partial charge in [0.05, 0.1) is 6.20 Å². The van der Waals surface area contributed by atoms with Crippen LogP contribution in [0.25, 0.3) is 0 Å². The van der Waals surface area contributed by atoms with Crippen molar-refractivity contribution in [2.45, 2.75) is 25.8 Å². The van der Waals surface area contributed by atoms with Gasteiger partial charge in [-0.05, 0) is 25.3 Å². The Kier molecular flexibility index (Phi) is 3.94. The van der Waals surface area contributed by atoms with Crippen molar-refractivity contribution < 1.29 is 0 Å². The molecule has 3 heterocycles. The Morgan fingerprint density at radius 1 is 1.14 bits per heavy atom. The maximum atomic E-state index is 4.42. The first-order chi connectivity index (χ1) is 10.2. The van der Waals surface area contributed by atoms with E-state index in [-0.39, 0.29) is 0 Å². The average Bonchev–Trinajstić information content (AvgIpc) is 2.56. The van der Waals surface area contributed by atoms with Crippen molar-refractivity contribution in [3.05, 3.63) is 36.5 Å². The zero-order chi connectivity index (χ0) is 14.7. The number of aryl methyl sites for hydroxylation is 1. The molecule has 0 saturated carbocycles. The standard InChI is InChI=1S/C15H20N6/c1-12-8-18-15(19-9-12)20(2)13-4-3-7-21(11-13)14-10-16-5-6-17-14/h5-6,8-10,13H,3-4,7,11H2,1-2H3. The normalized spacial score (nSPS) is 18.6. The van der Waals surface area contributed by atoms with Gasteiger partial charge in [-0.2, -0.15) is 0 Å². The summed E-state index contributed by atoms with van der Waals surface area (Å²) in [4.78, 5) is 21.8. The highest BCUT2D eigenvalue weighted by molar-refractivity contribution is 5.39. The summed E-state index contributed by atoms with van der Waals surface area (Å²) in [6, 6.07) is 0.392. The summed E-state index contributed by atoms with van der Waals surface area (Å²) in [6.07, 6.45) is 11.3. The first-order valence-electron chi connectivity index (χ1n) is 7.26. The maximum Gasteiger partial charge on any atom is 0.225 e. The van der Waals surface area contributed by atoms with Crippen LogP contribution >= 0.6 is 0 Å². The fraction of sp³-hybridized carbons (Fsp3) is 0.467. The van der Waals surface area contributed by atoms with E-state index in [0.717, 1.165) is 43.3 Å². The molecule has 0 spiro atoms. The molecule has 1 atom stereocenters. The second kappa shape index (κ2) is 6.03. The zero-order valence-corrected chi connectivity index (χ0v) is 12.5. The summed E-state index contributed by atoms with van der Waals surface area (Å²) in [5.41, 5.74) is 1.08. The lowest BCUT2D eigenvalue weighted by Gasteiger charge is -2.38. The van der Waals surface area contributed by atoms with Gasteiger partial charge >= 0.3 is 0 Å². The minimum absolute atomic E-state index is 0.392. The number of likely N-dealkylation sites (N-methyl/N-ethyl adjacent to an activating group) is 1. The SMILES string of the molecule is Cc1cnc(N(C)C2CCCN(c3cnccn3)C2)nc1. The molecule has 0 N–H and O–H groups in total. The molecule has 0 aliphatic carbocycles. The summed E-state index contributed by atoms with van der Waals surface area (Å²) in [7, 11) is 2.06. The number of aromatic nitrogens is 4. The monoisotopic (exact) mass is 284 g/mol. The van der Waals surface area contributed by atoms with Crippen LogP contribution < -0.4 is 9.80 Å². The van der Waals surface area contributed by atoms with Crippen molar-refractivity contribution >= 4 is 11.8 Å². The van der Waals surface area contributed by atoms with E-state index in [1.165, 1.54) is 0 Å². The van der Waals surface area contributed by atoms with E-state index < -0.39 is 0 Å². The summed E-state index contributed by atoms with van der Waals surface area (Å²) >= 11 is 0. The van der Waals surface area contributed by atoms with Gasteiger partial charge in [0.1, 0.15) is 5.82 Å². The number of piperidine rings is 1. The fourth-order valence-electron chi connectivity index (χ4n) is 2.66. The molecule has 110 valence electrons. The van der Waals surface area contributed by atoms with E-state index >= 15 is 0 Å². The number of anilines is 2. The van der Waals surface area contributed by atoms with Crippen LogP contribution in [0, 0.1) is 6.92 Å². The molecule has 21 heavy (non-hydrogen) atoms. The Labute approximate surface area is 124 Å². The van der Waals surface area contributed by atoms with Crippen LogP contribution in [0.4, 0.5) is 11.8 Å². The molecule has 0 amide bonds. The molecule has 1 fully saturated rings. The Morgan fingerprint density at radius 3 is 2.67 bits per heavy atom. The third kappa shape index (κ3) is 3.09. The number of nitrogens with zero attached hydrogens (tertiary/aromatic N) is 6. The van der Waals surface area contributed by atoms with E-state index in [9.17, 15) is 0 Å². The second-order valence-electron chi connectivity index (χ2n) is 5.48. The lowest BCUT2D eigenvalue weighted by molar-refractivity contribution is 0.480. The number of hydrogen-bond acceptors (Lipinski definition) is 6. The molecule has 0 radical (unpaired) electrons. The molecule has 0 aromatic carbocycles. The van der Waals surface area contributed by atoms with E-state index in [1.54, 1.807) is 12.4 Å². The number of hydrogen-bond donors (Lipinski definition) is 0. The molecule has 6 heteroatoms. The zero-order valence-electron chi connectivity index (χ0n) is 12.5. The number of rotatable bonds is 3. The molecular formula is C15H20N6. The molecule has 1 saturated heterocycles. The Bertz CT molecular complexity index is 570. The first-order valence-corrected chi connectivity index (χ1v) is 7.26. The summed E-state index contributed by atoms with van der Waals surface area (Å²) in [6.45, 7) is 3.95. The lowest BCUT2D eigenvalue weighted by Crippen LogP contribution is -2.47. The molecule has 0 bridgehead atoms. The maximum absolute atomic E-state index is 4.42. The molecule has 1 aliphatic heterocycles. The third-order valence-electron chi connectivity index (χ3n) is 3.90. The van der Waals surface area contributed by atoms with Crippen molar-refractivity contribution in [2.75, 3.05) is 29.9 Å². The van der Waals surface area contributed by atoms with E-state index in [4.69, 9.17) is 0 Å². The molecular weight excluding hydrogens is 264 g/mol. The average molecular weight is 284 g/mol. The highest BCUT2D eigenvalue weighted by atomic mass is 15.3. The molecule has 6 nitrogen and oxygen atoms in total. The molecule has 1 unspecified atom stereocenters. The summed E-state index contributed by atoms with van der Waals surface area (Å²) in [5.74, 6) is 1.73. The minimum Gasteiger partial charge on any atom is -0.353 e. The van der Waals surface area contributed by atoms with Gasteiger partial charge in [0.25, 0.3) is 0 Å². The van der Waals surface area contributed by atoms with Gasteiger partial charge in [-0.25, -0.2) is 15.0 Å².